The number of carbonyl (C=O) groups excluding carboxylic acids is 1. The molecular formula is C13H16ClNO3. The third kappa shape index (κ3) is 2.83. The van der Waals surface area contributed by atoms with Gasteiger partial charge in [0.2, 0.25) is 0 Å². The quantitative estimate of drug-likeness (QED) is 0.910. The second-order valence-corrected chi connectivity index (χ2v) is 4.82. The molecule has 1 atom stereocenters. The molecule has 1 fully saturated rings. The maximum Gasteiger partial charge on any atom is 0.253 e. The van der Waals surface area contributed by atoms with Crippen molar-refractivity contribution in [2.45, 2.75) is 19.4 Å². The fraction of sp³-hybridized carbons (Fsp3) is 0.462. The van der Waals surface area contributed by atoms with E-state index in [1.165, 1.54) is 0 Å². The summed E-state index contributed by atoms with van der Waals surface area (Å²) in [7, 11) is 0. The first kappa shape index (κ1) is 13.3. The molecule has 1 aromatic carbocycles. The Morgan fingerprint density at radius 1 is 1.56 bits per heavy atom. The van der Waals surface area contributed by atoms with Gasteiger partial charge in [0.05, 0.1) is 12.6 Å². The van der Waals surface area contributed by atoms with Crippen LogP contribution in [0.1, 0.15) is 12.0 Å². The molecule has 0 spiro atoms. The normalized spacial score (nSPS) is 20.3. The lowest BCUT2D eigenvalue weighted by molar-refractivity contribution is -0.129. The molecule has 2 rings (SSSR count). The Kier molecular flexibility index (Phi) is 4.22. The van der Waals surface area contributed by atoms with Crippen molar-refractivity contribution in [3.63, 3.8) is 0 Å². The number of amides is 1. The number of hydrogen-bond acceptors (Lipinski definition) is 3. The van der Waals surface area contributed by atoms with E-state index in [-0.39, 0.29) is 25.2 Å². The van der Waals surface area contributed by atoms with Crippen LogP contribution in [0.3, 0.4) is 0 Å². The molecule has 0 saturated carbocycles. The van der Waals surface area contributed by atoms with Gasteiger partial charge in [-0.25, -0.2) is 0 Å². The maximum absolute atomic E-state index is 11.9. The van der Waals surface area contributed by atoms with Crippen LogP contribution in [-0.2, 0) is 9.53 Å². The molecule has 1 heterocycles. The summed E-state index contributed by atoms with van der Waals surface area (Å²) in [6, 6.07) is 5.48. The molecule has 0 aliphatic carbocycles. The Morgan fingerprint density at radius 3 is 3.06 bits per heavy atom. The minimum atomic E-state index is -0.119. The zero-order valence-corrected chi connectivity index (χ0v) is 11.0. The smallest absolute Gasteiger partial charge is 0.253 e. The molecular weight excluding hydrogens is 254 g/mol. The van der Waals surface area contributed by atoms with Crippen molar-refractivity contribution in [3.05, 3.63) is 28.8 Å². The van der Waals surface area contributed by atoms with E-state index in [0.717, 1.165) is 11.3 Å². The first-order valence-corrected chi connectivity index (χ1v) is 6.28. The number of aryl methyl sites for hydroxylation is 1. The fourth-order valence-electron chi connectivity index (χ4n) is 2.05. The number of nitrogens with zero attached hydrogens (tertiary/aromatic N) is 1. The Bertz CT molecular complexity index is 450. The van der Waals surface area contributed by atoms with Crippen LogP contribution in [0.2, 0.25) is 5.02 Å². The van der Waals surface area contributed by atoms with Gasteiger partial charge in [-0.05, 0) is 31.0 Å². The number of ether oxygens (including phenoxy) is 1. The van der Waals surface area contributed by atoms with Crippen molar-refractivity contribution in [1.82, 2.24) is 0 Å². The van der Waals surface area contributed by atoms with E-state index >= 15 is 0 Å². The molecule has 1 aromatic rings. The van der Waals surface area contributed by atoms with Crippen molar-refractivity contribution < 1.29 is 14.6 Å². The predicted molar refractivity (Wildman–Crippen MR) is 70.0 cm³/mol. The molecule has 1 aliphatic rings. The zero-order valence-electron chi connectivity index (χ0n) is 10.2. The van der Waals surface area contributed by atoms with Crippen molar-refractivity contribution in [1.29, 1.82) is 0 Å². The maximum atomic E-state index is 11.9. The van der Waals surface area contributed by atoms with Gasteiger partial charge in [-0.1, -0.05) is 17.7 Å². The molecule has 0 aromatic heterocycles. The average molecular weight is 270 g/mol. The Hall–Kier alpha value is -1.10. The predicted octanol–water partition coefficient (Wildman–Crippen LogP) is 1.76. The van der Waals surface area contributed by atoms with E-state index in [1.807, 2.05) is 13.0 Å². The van der Waals surface area contributed by atoms with Crippen molar-refractivity contribution in [2.75, 3.05) is 24.7 Å². The molecule has 1 amide bonds. The Balaban J connectivity index is 2.24. The van der Waals surface area contributed by atoms with Crippen LogP contribution in [0, 0.1) is 6.92 Å². The average Bonchev–Trinajstić information content (AvgIpc) is 2.35. The summed E-state index contributed by atoms with van der Waals surface area (Å²) in [6.45, 7) is 2.51. The number of aliphatic hydroxyl groups is 1. The van der Waals surface area contributed by atoms with E-state index < -0.39 is 0 Å². The molecule has 5 heteroatoms. The third-order valence-electron chi connectivity index (χ3n) is 3.04. The highest BCUT2D eigenvalue weighted by Crippen LogP contribution is 2.26. The van der Waals surface area contributed by atoms with Crippen LogP contribution in [0.4, 0.5) is 5.69 Å². The zero-order chi connectivity index (χ0) is 13.1. The summed E-state index contributed by atoms with van der Waals surface area (Å²) in [5.74, 6) is -0.0745. The van der Waals surface area contributed by atoms with Crippen molar-refractivity contribution in [3.8, 4) is 0 Å². The highest BCUT2D eigenvalue weighted by Gasteiger charge is 2.27. The van der Waals surface area contributed by atoms with E-state index in [0.29, 0.717) is 18.0 Å². The van der Waals surface area contributed by atoms with Crippen LogP contribution < -0.4 is 4.90 Å². The van der Waals surface area contributed by atoms with Gasteiger partial charge in [-0.3, -0.25) is 4.79 Å². The Morgan fingerprint density at radius 2 is 2.33 bits per heavy atom. The Labute approximate surface area is 111 Å². The number of carbonyl (C=O) groups is 1. The monoisotopic (exact) mass is 269 g/mol. The lowest BCUT2D eigenvalue weighted by Crippen LogP contribution is -2.47. The van der Waals surface area contributed by atoms with E-state index in [2.05, 4.69) is 0 Å². The molecule has 1 unspecified atom stereocenters. The number of aliphatic hydroxyl groups excluding tert-OH is 1. The van der Waals surface area contributed by atoms with Gasteiger partial charge in [-0.15, -0.1) is 0 Å². The van der Waals surface area contributed by atoms with Crippen LogP contribution in [0.5, 0.6) is 0 Å². The summed E-state index contributed by atoms with van der Waals surface area (Å²) in [5.41, 5.74) is 1.82. The van der Waals surface area contributed by atoms with Crippen molar-refractivity contribution in [2.24, 2.45) is 0 Å². The second-order valence-electron chi connectivity index (χ2n) is 4.38. The number of morpholine rings is 1. The minimum Gasteiger partial charge on any atom is -0.396 e. The first-order valence-electron chi connectivity index (χ1n) is 5.91. The fourth-order valence-corrected chi connectivity index (χ4v) is 2.22. The van der Waals surface area contributed by atoms with Crippen LogP contribution in [0.15, 0.2) is 18.2 Å². The topological polar surface area (TPSA) is 49.8 Å². The van der Waals surface area contributed by atoms with Gasteiger partial charge >= 0.3 is 0 Å². The summed E-state index contributed by atoms with van der Waals surface area (Å²) < 4.78 is 5.37. The van der Waals surface area contributed by atoms with Gasteiger partial charge in [0.15, 0.2) is 0 Å². The largest absolute Gasteiger partial charge is 0.396 e. The summed E-state index contributed by atoms with van der Waals surface area (Å²) in [6.07, 6.45) is 0.412. The van der Waals surface area contributed by atoms with Crippen LogP contribution in [0.25, 0.3) is 0 Å². The highest BCUT2D eigenvalue weighted by molar-refractivity contribution is 6.31. The number of hydrogen-bond donors (Lipinski definition) is 1. The minimum absolute atomic E-state index is 0.0522. The van der Waals surface area contributed by atoms with Gasteiger partial charge in [0.25, 0.3) is 5.91 Å². The molecule has 98 valence electrons. The number of benzene rings is 1. The first-order chi connectivity index (χ1) is 8.61. The van der Waals surface area contributed by atoms with Crippen LogP contribution in [-0.4, -0.2) is 36.9 Å². The molecule has 4 nitrogen and oxygen atoms in total. The summed E-state index contributed by atoms with van der Waals surface area (Å²) in [4.78, 5) is 13.6. The molecule has 18 heavy (non-hydrogen) atoms. The van der Waals surface area contributed by atoms with Crippen molar-refractivity contribution >= 4 is 23.2 Å². The van der Waals surface area contributed by atoms with Gasteiger partial charge in [0, 0.05) is 17.3 Å². The third-order valence-corrected chi connectivity index (χ3v) is 3.28. The summed E-state index contributed by atoms with van der Waals surface area (Å²) >= 11 is 5.97. The lowest BCUT2D eigenvalue weighted by atomic mass is 10.1. The number of anilines is 1. The van der Waals surface area contributed by atoms with E-state index in [4.69, 9.17) is 21.4 Å². The van der Waals surface area contributed by atoms with Gasteiger partial charge < -0.3 is 14.7 Å². The molecule has 1 saturated heterocycles. The highest BCUT2D eigenvalue weighted by atomic mass is 35.5. The standard InChI is InChI=1S/C13H16ClNO3/c1-9-2-3-10(14)6-12(9)15-7-11(4-5-16)18-8-13(15)17/h2-3,6,11,16H,4-5,7-8H2,1H3. The number of rotatable bonds is 3. The van der Waals surface area contributed by atoms with Gasteiger partial charge in [0.1, 0.15) is 6.61 Å². The summed E-state index contributed by atoms with van der Waals surface area (Å²) in [5, 5.41) is 9.54. The van der Waals surface area contributed by atoms with Gasteiger partial charge in [-0.2, -0.15) is 0 Å². The second kappa shape index (κ2) is 5.69. The molecule has 1 aliphatic heterocycles. The van der Waals surface area contributed by atoms with Crippen LogP contribution >= 0.6 is 11.6 Å². The van der Waals surface area contributed by atoms with E-state index in [1.54, 1.807) is 17.0 Å². The molecule has 0 bridgehead atoms. The molecule has 1 N–H and O–H groups in total. The number of halogens is 1. The van der Waals surface area contributed by atoms with E-state index in [9.17, 15) is 4.79 Å². The molecule has 0 radical (unpaired) electrons. The lowest BCUT2D eigenvalue weighted by Gasteiger charge is -2.33. The SMILES string of the molecule is Cc1ccc(Cl)cc1N1CC(CCO)OCC1=O.